The lowest BCUT2D eigenvalue weighted by atomic mass is 9.83. The molecule has 0 radical (unpaired) electrons. The number of hydrogen-bond donors (Lipinski definition) is 1. The summed E-state index contributed by atoms with van der Waals surface area (Å²) in [6, 6.07) is 11.7. The van der Waals surface area contributed by atoms with E-state index < -0.39 is 65.7 Å². The smallest absolute Gasteiger partial charge is 0.252 e. The number of benzene rings is 2. The molecule has 0 bridgehead atoms. The number of nitrogens with zero attached hydrogens (tertiary/aromatic N) is 4. The van der Waals surface area contributed by atoms with Crippen LogP contribution in [0.25, 0.3) is 0 Å². The summed E-state index contributed by atoms with van der Waals surface area (Å²) < 4.78 is 57.3. The van der Waals surface area contributed by atoms with Gasteiger partial charge in [-0.1, -0.05) is 18.2 Å². The molecule has 3 aliphatic rings. The van der Waals surface area contributed by atoms with Gasteiger partial charge in [-0.05, 0) is 66.8 Å². The molecule has 0 spiro atoms. The number of alkyl halides is 2. The quantitative estimate of drug-likeness (QED) is 0.425. The van der Waals surface area contributed by atoms with E-state index >= 15 is 4.39 Å². The number of nitrogens with one attached hydrogen (secondary N) is 1. The summed E-state index contributed by atoms with van der Waals surface area (Å²) in [4.78, 5) is 48.5. The molecule has 2 atom stereocenters. The van der Waals surface area contributed by atoms with Crippen molar-refractivity contribution < 1.29 is 31.9 Å². The third kappa shape index (κ3) is 4.78. The van der Waals surface area contributed by atoms with Crippen LogP contribution in [-0.2, 0) is 26.3 Å². The number of rotatable bonds is 6. The summed E-state index contributed by atoms with van der Waals surface area (Å²) in [6.07, 6.45) is 0.0233. The highest BCUT2D eigenvalue weighted by molar-refractivity contribution is 6.12. The molecule has 220 valence electrons. The van der Waals surface area contributed by atoms with E-state index in [0.29, 0.717) is 0 Å². The summed E-state index contributed by atoms with van der Waals surface area (Å²) in [6.45, 7) is 0. The van der Waals surface area contributed by atoms with Gasteiger partial charge in [0.15, 0.2) is 5.54 Å². The number of aromatic nitrogens is 1. The molecule has 3 aromatic rings. The third-order valence-corrected chi connectivity index (χ3v) is 8.39. The minimum atomic E-state index is -2.95. The van der Waals surface area contributed by atoms with Crippen molar-refractivity contribution in [2.24, 2.45) is 0 Å². The molecule has 2 heterocycles. The molecule has 43 heavy (non-hydrogen) atoms. The van der Waals surface area contributed by atoms with Crippen molar-refractivity contribution in [3.8, 4) is 6.07 Å². The van der Waals surface area contributed by atoms with Crippen molar-refractivity contribution in [3.63, 3.8) is 0 Å². The van der Waals surface area contributed by atoms with E-state index in [1.54, 1.807) is 0 Å². The lowest BCUT2D eigenvalue weighted by molar-refractivity contribution is -0.137. The number of pyridine rings is 1. The van der Waals surface area contributed by atoms with Crippen molar-refractivity contribution in [2.45, 2.75) is 62.1 Å². The monoisotopic (exact) mass is 591 g/mol. The molecule has 1 N–H and O–H groups in total. The molecule has 1 saturated heterocycles. The molecule has 3 amide bonds. The molecule has 12 heteroatoms. The van der Waals surface area contributed by atoms with Crippen LogP contribution in [0.5, 0.6) is 0 Å². The fourth-order valence-corrected chi connectivity index (χ4v) is 6.40. The molecule has 6 rings (SSSR count). The van der Waals surface area contributed by atoms with Gasteiger partial charge in [-0.25, -0.2) is 22.5 Å². The molecule has 1 saturated carbocycles. The normalized spacial score (nSPS) is 22.4. The van der Waals surface area contributed by atoms with Gasteiger partial charge in [-0.2, -0.15) is 5.26 Å². The van der Waals surface area contributed by atoms with Crippen LogP contribution in [0.15, 0.2) is 60.8 Å². The van der Waals surface area contributed by atoms with Gasteiger partial charge in [0, 0.05) is 37.2 Å². The van der Waals surface area contributed by atoms with Crippen molar-refractivity contribution in [3.05, 3.63) is 89.1 Å². The number of hydrogen-bond acceptors (Lipinski definition) is 5. The maximum atomic E-state index is 15.1. The van der Waals surface area contributed by atoms with Gasteiger partial charge < -0.3 is 5.32 Å². The second-order valence-corrected chi connectivity index (χ2v) is 11.0. The highest BCUT2D eigenvalue weighted by Gasteiger charge is 2.57. The molecule has 2 aliphatic carbocycles. The van der Waals surface area contributed by atoms with Gasteiger partial charge >= 0.3 is 0 Å². The standard InChI is InChI=1S/C31H25F4N5O3/c32-19-3-1-4-21(14-19)40(28(42)25-7-8-27(41)39(25)26-13-18(17-36)10-12-37-26)31(29(43)38-20-15-30(34,35)16-20)11-9-22-23(31)5-2-6-24(22)33/h1-6,10,12-14,20,25H,7-9,11,15-16H2,(H,38,43)/t25-,31-/m0/s1. The fourth-order valence-electron chi connectivity index (χ4n) is 6.40. The van der Waals surface area contributed by atoms with Crippen LogP contribution < -0.4 is 15.1 Å². The largest absolute Gasteiger partial charge is 0.351 e. The number of carbonyl (C=O) groups is 3. The zero-order valence-electron chi connectivity index (χ0n) is 22.7. The second-order valence-electron chi connectivity index (χ2n) is 11.0. The Bertz CT molecular complexity index is 1680. The van der Waals surface area contributed by atoms with Crippen LogP contribution in [0.4, 0.5) is 29.1 Å². The Morgan fingerprint density at radius 1 is 1.07 bits per heavy atom. The third-order valence-electron chi connectivity index (χ3n) is 8.39. The van der Waals surface area contributed by atoms with Crippen LogP contribution in [-0.4, -0.2) is 40.7 Å². The van der Waals surface area contributed by atoms with E-state index in [-0.39, 0.29) is 53.9 Å². The first-order chi connectivity index (χ1) is 20.5. The Balaban J connectivity index is 1.51. The number of halogens is 4. The van der Waals surface area contributed by atoms with E-state index in [0.717, 1.165) is 21.9 Å². The minimum Gasteiger partial charge on any atom is -0.351 e. The number of anilines is 2. The molecule has 2 fully saturated rings. The van der Waals surface area contributed by atoms with Gasteiger partial charge in [0.25, 0.3) is 17.7 Å². The van der Waals surface area contributed by atoms with Gasteiger partial charge in [0.2, 0.25) is 5.91 Å². The highest BCUT2D eigenvalue weighted by Crippen LogP contribution is 2.47. The summed E-state index contributed by atoms with van der Waals surface area (Å²) in [5.41, 5.74) is -1.46. The van der Waals surface area contributed by atoms with Gasteiger partial charge in [0.05, 0.1) is 11.6 Å². The number of carbonyl (C=O) groups excluding carboxylic acids is 3. The van der Waals surface area contributed by atoms with E-state index in [9.17, 15) is 32.8 Å². The zero-order valence-corrected chi connectivity index (χ0v) is 22.7. The maximum Gasteiger partial charge on any atom is 0.252 e. The Kier molecular flexibility index (Phi) is 6.91. The molecule has 1 aromatic heterocycles. The van der Waals surface area contributed by atoms with Crippen molar-refractivity contribution in [1.29, 1.82) is 5.26 Å². The first-order valence-electron chi connectivity index (χ1n) is 13.8. The minimum absolute atomic E-state index is 0.0184. The Morgan fingerprint density at radius 3 is 2.56 bits per heavy atom. The predicted molar refractivity (Wildman–Crippen MR) is 146 cm³/mol. The first kappa shape index (κ1) is 28.3. The topological polar surface area (TPSA) is 106 Å². The summed E-state index contributed by atoms with van der Waals surface area (Å²) in [5, 5.41) is 12.0. The number of nitriles is 1. The molecule has 1 aliphatic heterocycles. The summed E-state index contributed by atoms with van der Waals surface area (Å²) >= 11 is 0. The van der Waals surface area contributed by atoms with Gasteiger partial charge in [-0.15, -0.1) is 0 Å². The van der Waals surface area contributed by atoms with E-state index in [4.69, 9.17) is 0 Å². The van der Waals surface area contributed by atoms with E-state index in [2.05, 4.69) is 10.3 Å². The van der Waals surface area contributed by atoms with Crippen LogP contribution in [0, 0.1) is 23.0 Å². The lowest BCUT2D eigenvalue weighted by Gasteiger charge is -2.45. The van der Waals surface area contributed by atoms with Crippen LogP contribution in [0.1, 0.15) is 48.8 Å². The number of fused-ring (bicyclic) bond motifs is 1. The van der Waals surface area contributed by atoms with Crippen LogP contribution in [0.3, 0.4) is 0 Å². The predicted octanol–water partition coefficient (Wildman–Crippen LogP) is 4.52. The molecule has 2 aromatic carbocycles. The van der Waals surface area contributed by atoms with Crippen molar-refractivity contribution in [1.82, 2.24) is 10.3 Å². The summed E-state index contributed by atoms with van der Waals surface area (Å²) in [7, 11) is 0. The van der Waals surface area contributed by atoms with Crippen molar-refractivity contribution in [2.75, 3.05) is 9.80 Å². The lowest BCUT2D eigenvalue weighted by Crippen LogP contribution is -2.64. The highest BCUT2D eigenvalue weighted by atomic mass is 19.3. The Hall–Kier alpha value is -4.79. The number of amides is 3. The molecular weight excluding hydrogens is 566 g/mol. The SMILES string of the molecule is N#Cc1ccnc(N2C(=O)CC[C@H]2C(=O)N(c2cccc(F)c2)[C@@]2(C(=O)NC3CC(F)(F)C3)CCc3c(F)cccc32)c1. The van der Waals surface area contributed by atoms with Crippen molar-refractivity contribution >= 4 is 29.2 Å². The van der Waals surface area contributed by atoms with Gasteiger partial charge in [0.1, 0.15) is 23.5 Å². The Morgan fingerprint density at radius 2 is 1.84 bits per heavy atom. The molecule has 8 nitrogen and oxygen atoms in total. The summed E-state index contributed by atoms with van der Waals surface area (Å²) in [5.74, 6) is -6.25. The first-order valence-corrected chi connectivity index (χ1v) is 13.8. The molecule has 0 unspecified atom stereocenters. The van der Waals surface area contributed by atoms with Gasteiger partial charge in [-0.3, -0.25) is 24.2 Å². The molecular formula is C31H25F4N5O3. The second kappa shape index (κ2) is 10.5. The van der Waals surface area contributed by atoms with E-state index in [1.165, 1.54) is 48.7 Å². The van der Waals surface area contributed by atoms with E-state index in [1.807, 2.05) is 6.07 Å². The van der Waals surface area contributed by atoms with Crippen LogP contribution >= 0.6 is 0 Å². The fraction of sp³-hybridized carbons (Fsp3) is 0.323. The average molecular weight is 592 g/mol. The maximum absolute atomic E-state index is 15.1. The Labute approximate surface area is 243 Å². The van der Waals surface area contributed by atoms with Crippen LogP contribution in [0.2, 0.25) is 0 Å². The zero-order chi connectivity index (χ0) is 30.5. The average Bonchev–Trinajstić information content (AvgIpc) is 3.54.